The summed E-state index contributed by atoms with van der Waals surface area (Å²) in [7, 11) is 0. The molecule has 2 rings (SSSR count). The molecular weight excluding hydrogens is 358 g/mol. The van der Waals surface area contributed by atoms with Crippen LogP contribution in [0.1, 0.15) is 31.0 Å². The smallest absolute Gasteiger partial charge is 0.260 e. The first kappa shape index (κ1) is 21.0. The predicted molar refractivity (Wildman–Crippen MR) is 110 cm³/mol. The monoisotopic (exact) mass is 385 g/mol. The Hall–Kier alpha value is -2.31. The average Bonchev–Trinajstić information content (AvgIpc) is 2.70. The number of thioether (sulfide) groups is 1. The van der Waals surface area contributed by atoms with Crippen LogP contribution >= 0.6 is 11.8 Å². The molecule has 2 aromatic carbocycles. The number of likely N-dealkylation sites (N-methyl/N-ethyl adjacent to an activating group) is 1. The van der Waals surface area contributed by atoms with Gasteiger partial charge in [-0.05, 0) is 37.7 Å². The molecule has 0 aliphatic heterocycles. The van der Waals surface area contributed by atoms with Gasteiger partial charge in [-0.1, -0.05) is 61.9 Å². The number of hydrogen-bond donors (Lipinski definition) is 2. The molecule has 6 heteroatoms. The molecule has 0 spiro atoms. The van der Waals surface area contributed by atoms with Gasteiger partial charge in [0.05, 0.1) is 5.75 Å². The Bertz CT molecular complexity index is 731. The van der Waals surface area contributed by atoms with Crippen LogP contribution in [-0.4, -0.2) is 35.6 Å². The minimum Gasteiger partial charge on any atom is -0.289 e. The van der Waals surface area contributed by atoms with Crippen molar-refractivity contribution in [3.05, 3.63) is 65.7 Å². The van der Waals surface area contributed by atoms with Gasteiger partial charge in [-0.2, -0.15) is 0 Å². The van der Waals surface area contributed by atoms with E-state index >= 15 is 0 Å². The SMILES string of the molecule is CCN(CC)C(C(=O)NNC(=O)CSc1ccc(C)cc1)c1ccccc1. The summed E-state index contributed by atoms with van der Waals surface area (Å²) in [6, 6.07) is 17.2. The van der Waals surface area contributed by atoms with Gasteiger partial charge in [-0.15, -0.1) is 11.8 Å². The Balaban J connectivity index is 1.92. The minimum atomic E-state index is -0.439. The van der Waals surface area contributed by atoms with Gasteiger partial charge in [0.25, 0.3) is 5.91 Å². The lowest BCUT2D eigenvalue weighted by atomic mass is 10.0. The van der Waals surface area contributed by atoms with Crippen molar-refractivity contribution >= 4 is 23.6 Å². The summed E-state index contributed by atoms with van der Waals surface area (Å²) >= 11 is 1.44. The number of benzene rings is 2. The number of nitrogens with one attached hydrogen (secondary N) is 2. The van der Waals surface area contributed by atoms with Crippen LogP contribution in [0.5, 0.6) is 0 Å². The third-order valence-corrected chi connectivity index (χ3v) is 5.27. The number of carbonyl (C=O) groups excluding carboxylic acids is 2. The molecule has 2 amide bonds. The highest BCUT2D eigenvalue weighted by atomic mass is 32.2. The van der Waals surface area contributed by atoms with E-state index < -0.39 is 6.04 Å². The Morgan fingerprint density at radius 1 is 0.963 bits per heavy atom. The van der Waals surface area contributed by atoms with Crippen LogP contribution in [0.4, 0.5) is 0 Å². The Morgan fingerprint density at radius 3 is 2.19 bits per heavy atom. The molecule has 1 unspecified atom stereocenters. The molecule has 2 aromatic rings. The second-order valence-electron chi connectivity index (χ2n) is 6.17. The van der Waals surface area contributed by atoms with Gasteiger partial charge in [-0.3, -0.25) is 25.3 Å². The zero-order chi connectivity index (χ0) is 19.6. The summed E-state index contributed by atoms with van der Waals surface area (Å²) in [5, 5.41) is 0. The van der Waals surface area contributed by atoms with E-state index in [1.165, 1.54) is 17.3 Å². The molecule has 5 nitrogen and oxygen atoms in total. The van der Waals surface area contributed by atoms with Crippen LogP contribution in [0.15, 0.2) is 59.5 Å². The number of rotatable bonds is 8. The molecule has 1 atom stereocenters. The highest BCUT2D eigenvalue weighted by Gasteiger charge is 2.25. The quantitative estimate of drug-likeness (QED) is 0.541. The Morgan fingerprint density at radius 2 is 1.59 bits per heavy atom. The Labute approximate surface area is 165 Å². The lowest BCUT2D eigenvalue weighted by Gasteiger charge is -2.29. The van der Waals surface area contributed by atoms with Gasteiger partial charge in [0.1, 0.15) is 6.04 Å². The van der Waals surface area contributed by atoms with Crippen molar-refractivity contribution in [2.75, 3.05) is 18.8 Å². The maximum Gasteiger partial charge on any atom is 0.260 e. The van der Waals surface area contributed by atoms with E-state index in [2.05, 4.69) is 15.8 Å². The summed E-state index contributed by atoms with van der Waals surface area (Å²) in [5.41, 5.74) is 7.20. The number of aryl methyl sites for hydroxylation is 1. The van der Waals surface area contributed by atoms with Crippen molar-refractivity contribution in [1.29, 1.82) is 0 Å². The van der Waals surface area contributed by atoms with E-state index in [0.717, 1.165) is 23.5 Å². The maximum atomic E-state index is 12.7. The number of hydrogen-bond acceptors (Lipinski definition) is 4. The van der Waals surface area contributed by atoms with E-state index in [1.807, 2.05) is 75.4 Å². The molecule has 0 aliphatic carbocycles. The van der Waals surface area contributed by atoms with Crippen LogP contribution in [0.25, 0.3) is 0 Å². The zero-order valence-electron chi connectivity index (χ0n) is 16.1. The molecule has 0 saturated heterocycles. The summed E-state index contributed by atoms with van der Waals surface area (Å²) in [6.07, 6.45) is 0. The third kappa shape index (κ3) is 6.41. The summed E-state index contributed by atoms with van der Waals surface area (Å²) in [6.45, 7) is 7.53. The normalized spacial score (nSPS) is 11.9. The molecule has 0 saturated carbocycles. The van der Waals surface area contributed by atoms with Crippen molar-refractivity contribution < 1.29 is 9.59 Å². The summed E-state index contributed by atoms with van der Waals surface area (Å²) in [5.74, 6) is -0.233. The molecule has 0 bridgehead atoms. The van der Waals surface area contributed by atoms with Crippen molar-refractivity contribution in [2.45, 2.75) is 31.7 Å². The summed E-state index contributed by atoms with van der Waals surface area (Å²) < 4.78 is 0. The van der Waals surface area contributed by atoms with E-state index in [9.17, 15) is 9.59 Å². The fourth-order valence-electron chi connectivity index (χ4n) is 2.77. The molecule has 0 radical (unpaired) electrons. The van der Waals surface area contributed by atoms with Crippen LogP contribution in [0.2, 0.25) is 0 Å². The maximum absolute atomic E-state index is 12.7. The van der Waals surface area contributed by atoms with Gasteiger partial charge in [-0.25, -0.2) is 0 Å². The van der Waals surface area contributed by atoms with Gasteiger partial charge in [0.2, 0.25) is 5.91 Å². The van der Waals surface area contributed by atoms with Gasteiger partial charge in [0.15, 0.2) is 0 Å². The molecule has 144 valence electrons. The number of nitrogens with zero attached hydrogens (tertiary/aromatic N) is 1. The van der Waals surface area contributed by atoms with E-state index in [-0.39, 0.29) is 17.6 Å². The molecule has 27 heavy (non-hydrogen) atoms. The van der Waals surface area contributed by atoms with E-state index in [1.54, 1.807) is 0 Å². The van der Waals surface area contributed by atoms with Crippen LogP contribution in [0.3, 0.4) is 0 Å². The van der Waals surface area contributed by atoms with Gasteiger partial charge >= 0.3 is 0 Å². The largest absolute Gasteiger partial charge is 0.289 e. The number of amides is 2. The fraction of sp³-hybridized carbons (Fsp3) is 0.333. The van der Waals surface area contributed by atoms with Crippen molar-refractivity contribution in [3.8, 4) is 0 Å². The highest BCUT2D eigenvalue weighted by molar-refractivity contribution is 8.00. The van der Waals surface area contributed by atoms with Crippen LogP contribution in [-0.2, 0) is 9.59 Å². The van der Waals surface area contributed by atoms with E-state index in [4.69, 9.17) is 0 Å². The second-order valence-corrected chi connectivity index (χ2v) is 7.22. The summed E-state index contributed by atoms with van der Waals surface area (Å²) in [4.78, 5) is 27.9. The average molecular weight is 386 g/mol. The van der Waals surface area contributed by atoms with Crippen LogP contribution in [0, 0.1) is 6.92 Å². The molecule has 0 aromatic heterocycles. The minimum absolute atomic E-state index is 0.236. The highest BCUT2D eigenvalue weighted by Crippen LogP contribution is 2.20. The topological polar surface area (TPSA) is 61.4 Å². The lowest BCUT2D eigenvalue weighted by Crippen LogP contribution is -2.48. The standard InChI is InChI=1S/C21H27N3O2S/c1-4-24(5-2)20(17-9-7-6-8-10-17)21(26)23-22-19(25)15-27-18-13-11-16(3)12-14-18/h6-14,20H,4-5,15H2,1-3H3,(H,22,25)(H,23,26). The zero-order valence-corrected chi connectivity index (χ0v) is 16.9. The fourth-order valence-corrected chi connectivity index (χ4v) is 3.47. The Kier molecular flexibility index (Phi) is 8.36. The van der Waals surface area contributed by atoms with Gasteiger partial charge < -0.3 is 0 Å². The number of hydrazine groups is 1. The first-order valence-corrected chi connectivity index (χ1v) is 10.1. The molecule has 2 N–H and O–H groups in total. The van der Waals surface area contributed by atoms with E-state index in [0.29, 0.717) is 0 Å². The lowest BCUT2D eigenvalue weighted by molar-refractivity contribution is -0.131. The van der Waals surface area contributed by atoms with Crippen LogP contribution < -0.4 is 10.9 Å². The van der Waals surface area contributed by atoms with Crippen molar-refractivity contribution in [2.24, 2.45) is 0 Å². The second kappa shape index (κ2) is 10.7. The molecule has 0 heterocycles. The van der Waals surface area contributed by atoms with Crippen molar-refractivity contribution in [1.82, 2.24) is 15.8 Å². The molecular formula is C21H27N3O2S. The molecule has 0 fully saturated rings. The van der Waals surface area contributed by atoms with Gasteiger partial charge in [0, 0.05) is 4.90 Å². The van der Waals surface area contributed by atoms with Crippen molar-refractivity contribution in [3.63, 3.8) is 0 Å². The third-order valence-electron chi connectivity index (χ3n) is 4.26. The molecule has 0 aliphatic rings. The first-order chi connectivity index (χ1) is 13.0. The predicted octanol–water partition coefficient (Wildman–Crippen LogP) is 3.32. The number of carbonyl (C=O) groups is 2. The first-order valence-electron chi connectivity index (χ1n) is 9.12.